The van der Waals surface area contributed by atoms with E-state index in [2.05, 4.69) is 0 Å². The number of alkyl halides is 2. The van der Waals surface area contributed by atoms with Gasteiger partial charge in [0.25, 0.3) is 6.43 Å². The highest BCUT2D eigenvalue weighted by Crippen LogP contribution is 2.31. The first-order valence-electron chi connectivity index (χ1n) is 5.09. The number of nitrogens with two attached hydrogens (primary N) is 1. The molecule has 0 radical (unpaired) electrons. The molecule has 0 amide bonds. The van der Waals surface area contributed by atoms with Crippen LogP contribution in [0.4, 0.5) is 8.78 Å². The van der Waals surface area contributed by atoms with Gasteiger partial charge in [0, 0.05) is 0 Å². The summed E-state index contributed by atoms with van der Waals surface area (Å²) in [7, 11) is 0. The van der Waals surface area contributed by atoms with Gasteiger partial charge in [-0.15, -0.1) is 0 Å². The van der Waals surface area contributed by atoms with Crippen molar-refractivity contribution in [3.8, 4) is 0 Å². The SMILES string of the molecule is CC(N)(c1cccc2ccccc12)C(F)F. The molecule has 0 fully saturated rings. The number of rotatable bonds is 2. The van der Waals surface area contributed by atoms with E-state index in [9.17, 15) is 8.78 Å². The molecule has 2 aromatic rings. The van der Waals surface area contributed by atoms with Gasteiger partial charge in [0.2, 0.25) is 0 Å². The highest BCUT2D eigenvalue weighted by Gasteiger charge is 2.33. The smallest absolute Gasteiger partial charge is 0.260 e. The van der Waals surface area contributed by atoms with Crippen LogP contribution >= 0.6 is 0 Å². The second-order valence-electron chi connectivity index (χ2n) is 4.11. The van der Waals surface area contributed by atoms with Crippen molar-refractivity contribution in [2.24, 2.45) is 5.73 Å². The molecule has 1 atom stereocenters. The normalized spacial score (nSPS) is 15.3. The van der Waals surface area contributed by atoms with Crippen LogP contribution in [-0.2, 0) is 5.54 Å². The lowest BCUT2D eigenvalue weighted by Crippen LogP contribution is -2.40. The molecular weight excluding hydrogens is 208 g/mol. The van der Waals surface area contributed by atoms with Gasteiger partial charge >= 0.3 is 0 Å². The number of hydrogen-bond acceptors (Lipinski definition) is 1. The quantitative estimate of drug-likeness (QED) is 0.827. The van der Waals surface area contributed by atoms with Crippen molar-refractivity contribution < 1.29 is 8.78 Å². The van der Waals surface area contributed by atoms with E-state index >= 15 is 0 Å². The van der Waals surface area contributed by atoms with Gasteiger partial charge in [0.1, 0.15) is 5.54 Å². The fourth-order valence-electron chi connectivity index (χ4n) is 1.81. The molecular formula is C13H13F2N. The minimum atomic E-state index is -2.58. The van der Waals surface area contributed by atoms with Gasteiger partial charge < -0.3 is 5.73 Å². The van der Waals surface area contributed by atoms with Gasteiger partial charge in [-0.1, -0.05) is 42.5 Å². The third kappa shape index (κ3) is 1.67. The van der Waals surface area contributed by atoms with Crippen LogP contribution in [0.2, 0.25) is 0 Å². The fraction of sp³-hybridized carbons (Fsp3) is 0.231. The molecule has 0 aliphatic carbocycles. The summed E-state index contributed by atoms with van der Waals surface area (Å²) in [5, 5.41) is 1.72. The maximum atomic E-state index is 12.9. The van der Waals surface area contributed by atoms with Gasteiger partial charge in [-0.05, 0) is 23.3 Å². The number of benzene rings is 2. The van der Waals surface area contributed by atoms with Crippen LogP contribution < -0.4 is 5.73 Å². The van der Waals surface area contributed by atoms with Crippen molar-refractivity contribution in [2.75, 3.05) is 0 Å². The summed E-state index contributed by atoms with van der Waals surface area (Å²) < 4.78 is 25.8. The third-order valence-corrected chi connectivity index (χ3v) is 2.82. The number of fused-ring (bicyclic) bond motifs is 1. The Labute approximate surface area is 92.9 Å². The molecule has 2 N–H and O–H groups in total. The zero-order chi connectivity index (χ0) is 11.8. The maximum absolute atomic E-state index is 12.9. The summed E-state index contributed by atoms with van der Waals surface area (Å²) in [5.74, 6) is 0. The van der Waals surface area contributed by atoms with E-state index in [-0.39, 0.29) is 0 Å². The van der Waals surface area contributed by atoms with Gasteiger partial charge in [-0.25, -0.2) is 8.78 Å². The third-order valence-electron chi connectivity index (χ3n) is 2.82. The van der Waals surface area contributed by atoms with Crippen LogP contribution in [0.1, 0.15) is 12.5 Å². The molecule has 2 rings (SSSR count). The first kappa shape index (κ1) is 11.0. The fourth-order valence-corrected chi connectivity index (χ4v) is 1.81. The Balaban J connectivity index is 2.70. The first-order chi connectivity index (χ1) is 7.53. The standard InChI is InChI=1S/C13H13F2N/c1-13(16,12(14)15)11-8-4-6-9-5-2-3-7-10(9)11/h2-8,12H,16H2,1H3. The zero-order valence-electron chi connectivity index (χ0n) is 8.95. The Bertz CT molecular complexity index is 501. The molecule has 1 nitrogen and oxygen atoms in total. The molecule has 0 saturated heterocycles. The monoisotopic (exact) mass is 221 g/mol. The molecule has 0 saturated carbocycles. The molecule has 0 bridgehead atoms. The van der Waals surface area contributed by atoms with E-state index in [0.717, 1.165) is 10.8 Å². The Morgan fingerprint density at radius 1 is 1.06 bits per heavy atom. The molecule has 3 heteroatoms. The van der Waals surface area contributed by atoms with E-state index in [1.807, 2.05) is 30.3 Å². The van der Waals surface area contributed by atoms with E-state index < -0.39 is 12.0 Å². The lowest BCUT2D eigenvalue weighted by Gasteiger charge is -2.25. The predicted octanol–water partition coefficient (Wildman–Crippen LogP) is 3.28. The minimum absolute atomic E-state index is 0.487. The summed E-state index contributed by atoms with van der Waals surface area (Å²) in [5.41, 5.74) is 4.57. The average molecular weight is 221 g/mol. The molecule has 84 valence electrons. The van der Waals surface area contributed by atoms with Crippen molar-refractivity contribution in [1.29, 1.82) is 0 Å². The molecule has 0 heterocycles. The van der Waals surface area contributed by atoms with Gasteiger partial charge in [0.15, 0.2) is 0 Å². The maximum Gasteiger partial charge on any atom is 0.260 e. The molecule has 1 unspecified atom stereocenters. The number of hydrogen-bond donors (Lipinski definition) is 1. The molecule has 16 heavy (non-hydrogen) atoms. The van der Waals surface area contributed by atoms with Crippen molar-refractivity contribution >= 4 is 10.8 Å². The lowest BCUT2D eigenvalue weighted by atomic mass is 9.89. The zero-order valence-corrected chi connectivity index (χ0v) is 8.95. The van der Waals surface area contributed by atoms with Crippen molar-refractivity contribution in [2.45, 2.75) is 18.9 Å². The summed E-state index contributed by atoms with van der Waals surface area (Å²) in [4.78, 5) is 0. The molecule has 0 aliphatic heterocycles. The predicted molar refractivity (Wildman–Crippen MR) is 61.5 cm³/mol. The summed E-state index contributed by atoms with van der Waals surface area (Å²) >= 11 is 0. The van der Waals surface area contributed by atoms with Crippen LogP contribution in [0.25, 0.3) is 10.8 Å². The molecule has 0 aromatic heterocycles. The second-order valence-corrected chi connectivity index (χ2v) is 4.11. The van der Waals surface area contributed by atoms with Crippen molar-refractivity contribution in [1.82, 2.24) is 0 Å². The Hall–Kier alpha value is -1.48. The second kappa shape index (κ2) is 3.83. The minimum Gasteiger partial charge on any atom is -0.317 e. The summed E-state index contributed by atoms with van der Waals surface area (Å²) in [6.07, 6.45) is -2.58. The van der Waals surface area contributed by atoms with Gasteiger partial charge in [-0.2, -0.15) is 0 Å². The molecule has 0 spiro atoms. The van der Waals surface area contributed by atoms with Crippen molar-refractivity contribution in [3.05, 3.63) is 48.0 Å². The van der Waals surface area contributed by atoms with E-state index in [1.165, 1.54) is 6.92 Å². The van der Waals surface area contributed by atoms with Crippen LogP contribution in [0.5, 0.6) is 0 Å². The molecule has 2 aromatic carbocycles. The van der Waals surface area contributed by atoms with Crippen LogP contribution in [-0.4, -0.2) is 6.43 Å². The topological polar surface area (TPSA) is 26.0 Å². The summed E-state index contributed by atoms with van der Waals surface area (Å²) in [6.45, 7) is 1.36. The first-order valence-corrected chi connectivity index (χ1v) is 5.09. The Kier molecular flexibility index (Phi) is 2.64. The van der Waals surface area contributed by atoms with E-state index in [4.69, 9.17) is 5.73 Å². The highest BCUT2D eigenvalue weighted by atomic mass is 19.3. The van der Waals surface area contributed by atoms with Gasteiger partial charge in [0.05, 0.1) is 0 Å². The van der Waals surface area contributed by atoms with E-state index in [1.54, 1.807) is 12.1 Å². The summed E-state index contributed by atoms with van der Waals surface area (Å²) in [6, 6.07) is 12.7. The highest BCUT2D eigenvalue weighted by molar-refractivity contribution is 5.86. The van der Waals surface area contributed by atoms with Gasteiger partial charge in [-0.3, -0.25) is 0 Å². The average Bonchev–Trinajstić information content (AvgIpc) is 2.28. The largest absolute Gasteiger partial charge is 0.317 e. The lowest BCUT2D eigenvalue weighted by molar-refractivity contribution is 0.0633. The number of halogens is 2. The van der Waals surface area contributed by atoms with Crippen LogP contribution in [0.15, 0.2) is 42.5 Å². The van der Waals surface area contributed by atoms with Crippen LogP contribution in [0.3, 0.4) is 0 Å². The van der Waals surface area contributed by atoms with Crippen LogP contribution in [0, 0.1) is 0 Å². The Morgan fingerprint density at radius 3 is 2.38 bits per heavy atom. The van der Waals surface area contributed by atoms with E-state index in [0.29, 0.717) is 5.56 Å². The Morgan fingerprint density at radius 2 is 1.69 bits per heavy atom. The molecule has 0 aliphatic rings. The van der Waals surface area contributed by atoms with Crippen molar-refractivity contribution in [3.63, 3.8) is 0 Å².